The maximum absolute atomic E-state index is 13.1. The monoisotopic (exact) mass is 244 g/mol. The van der Waals surface area contributed by atoms with Crippen LogP contribution in [0.2, 0.25) is 0 Å². The van der Waals surface area contributed by atoms with Gasteiger partial charge in [0.25, 0.3) is 0 Å². The van der Waals surface area contributed by atoms with Gasteiger partial charge in [0.2, 0.25) is 0 Å². The molecule has 2 rings (SSSR count). The first-order chi connectivity index (χ1) is 8.66. The number of halogens is 1. The fourth-order valence-electron chi connectivity index (χ4n) is 1.90. The van der Waals surface area contributed by atoms with Crippen molar-refractivity contribution < 1.29 is 4.39 Å². The molecule has 0 aromatic heterocycles. The van der Waals surface area contributed by atoms with Gasteiger partial charge in [-0.15, -0.1) is 0 Å². The maximum atomic E-state index is 13.1. The summed E-state index contributed by atoms with van der Waals surface area (Å²) >= 11 is 0. The van der Waals surface area contributed by atoms with Crippen LogP contribution in [-0.2, 0) is 6.42 Å². The highest BCUT2D eigenvalue weighted by Gasteiger charge is 2.01. The van der Waals surface area contributed by atoms with Crippen LogP contribution < -0.4 is 11.1 Å². The van der Waals surface area contributed by atoms with E-state index in [0.717, 1.165) is 13.0 Å². The Balaban J connectivity index is 1.96. The number of benzene rings is 2. The fraction of sp³-hybridized carbons (Fsp3) is 0.200. The molecule has 18 heavy (non-hydrogen) atoms. The normalized spacial score (nSPS) is 10.3. The molecule has 0 unspecified atom stereocenters. The van der Waals surface area contributed by atoms with Crippen molar-refractivity contribution in [3.05, 3.63) is 59.4 Å². The molecular weight excluding hydrogens is 227 g/mol. The van der Waals surface area contributed by atoms with Gasteiger partial charge in [0.1, 0.15) is 5.82 Å². The molecule has 0 radical (unpaired) electrons. The molecule has 0 heterocycles. The van der Waals surface area contributed by atoms with Gasteiger partial charge in [-0.05, 0) is 42.7 Å². The van der Waals surface area contributed by atoms with Gasteiger partial charge >= 0.3 is 0 Å². The Hall–Kier alpha value is -2.03. The van der Waals surface area contributed by atoms with Crippen LogP contribution >= 0.6 is 0 Å². The Morgan fingerprint density at radius 3 is 2.72 bits per heavy atom. The van der Waals surface area contributed by atoms with E-state index in [4.69, 9.17) is 5.73 Å². The Morgan fingerprint density at radius 2 is 1.94 bits per heavy atom. The van der Waals surface area contributed by atoms with E-state index in [1.54, 1.807) is 6.07 Å². The second kappa shape index (κ2) is 5.54. The molecule has 2 nitrogen and oxygen atoms in total. The van der Waals surface area contributed by atoms with Crippen molar-refractivity contribution in [3.8, 4) is 0 Å². The predicted octanol–water partition coefficient (Wildman–Crippen LogP) is 3.37. The van der Waals surface area contributed by atoms with Crippen molar-refractivity contribution in [2.45, 2.75) is 13.3 Å². The summed E-state index contributed by atoms with van der Waals surface area (Å²) in [6, 6.07) is 12.6. The van der Waals surface area contributed by atoms with Gasteiger partial charge in [0, 0.05) is 6.54 Å². The van der Waals surface area contributed by atoms with E-state index in [0.29, 0.717) is 11.4 Å². The van der Waals surface area contributed by atoms with Gasteiger partial charge in [0.05, 0.1) is 11.4 Å². The second-order valence-corrected chi connectivity index (χ2v) is 4.33. The summed E-state index contributed by atoms with van der Waals surface area (Å²) < 4.78 is 13.1. The highest BCUT2D eigenvalue weighted by Crippen LogP contribution is 2.19. The second-order valence-electron chi connectivity index (χ2n) is 4.33. The van der Waals surface area contributed by atoms with E-state index in [1.165, 1.54) is 23.3 Å². The zero-order valence-corrected chi connectivity index (χ0v) is 10.4. The SMILES string of the molecule is Cc1ccccc1CCNc1cc(F)ccc1N. The standard InChI is InChI=1S/C15H17FN2/c1-11-4-2-3-5-12(11)8-9-18-15-10-13(16)6-7-14(15)17/h2-7,10,18H,8-9,17H2,1H3. The van der Waals surface area contributed by atoms with Crippen LogP contribution in [0.15, 0.2) is 42.5 Å². The van der Waals surface area contributed by atoms with Crippen LogP contribution in [0.4, 0.5) is 15.8 Å². The van der Waals surface area contributed by atoms with Crippen LogP contribution in [0.5, 0.6) is 0 Å². The molecule has 0 saturated carbocycles. The minimum absolute atomic E-state index is 0.275. The van der Waals surface area contributed by atoms with Crippen molar-refractivity contribution in [2.24, 2.45) is 0 Å². The summed E-state index contributed by atoms with van der Waals surface area (Å²) in [5.41, 5.74) is 9.56. The first-order valence-corrected chi connectivity index (χ1v) is 6.00. The van der Waals surface area contributed by atoms with Crippen molar-refractivity contribution >= 4 is 11.4 Å². The molecule has 2 aromatic rings. The molecule has 2 aromatic carbocycles. The van der Waals surface area contributed by atoms with E-state index in [1.807, 2.05) is 12.1 Å². The number of nitrogens with one attached hydrogen (secondary N) is 1. The van der Waals surface area contributed by atoms with Crippen LogP contribution in [0, 0.1) is 12.7 Å². The molecule has 0 bridgehead atoms. The lowest BCUT2D eigenvalue weighted by Gasteiger charge is -2.10. The number of aryl methyl sites for hydroxylation is 1. The summed E-state index contributed by atoms with van der Waals surface area (Å²) in [6.45, 7) is 2.82. The third-order valence-electron chi connectivity index (χ3n) is 2.99. The Morgan fingerprint density at radius 1 is 1.17 bits per heavy atom. The summed E-state index contributed by atoms with van der Waals surface area (Å²) in [5.74, 6) is -0.275. The van der Waals surface area contributed by atoms with E-state index in [2.05, 4.69) is 24.4 Å². The molecule has 0 saturated heterocycles. The number of nitrogen functional groups attached to an aromatic ring is 1. The van der Waals surface area contributed by atoms with E-state index >= 15 is 0 Å². The topological polar surface area (TPSA) is 38.0 Å². The first kappa shape index (κ1) is 12.4. The van der Waals surface area contributed by atoms with Crippen LogP contribution in [0.3, 0.4) is 0 Å². The quantitative estimate of drug-likeness (QED) is 0.809. The first-order valence-electron chi connectivity index (χ1n) is 6.00. The lowest BCUT2D eigenvalue weighted by molar-refractivity contribution is 0.628. The molecule has 0 amide bonds. The van der Waals surface area contributed by atoms with Crippen LogP contribution in [-0.4, -0.2) is 6.54 Å². The summed E-state index contributed by atoms with van der Waals surface area (Å²) in [7, 11) is 0. The minimum atomic E-state index is -0.275. The van der Waals surface area contributed by atoms with Crippen molar-refractivity contribution in [1.29, 1.82) is 0 Å². The zero-order chi connectivity index (χ0) is 13.0. The third-order valence-corrected chi connectivity index (χ3v) is 2.99. The highest BCUT2D eigenvalue weighted by molar-refractivity contribution is 5.65. The number of rotatable bonds is 4. The van der Waals surface area contributed by atoms with Crippen molar-refractivity contribution in [2.75, 3.05) is 17.6 Å². The highest BCUT2D eigenvalue weighted by atomic mass is 19.1. The maximum Gasteiger partial charge on any atom is 0.125 e. The molecule has 94 valence electrons. The Kier molecular flexibility index (Phi) is 3.82. The number of hydrogen-bond acceptors (Lipinski definition) is 2. The number of nitrogens with two attached hydrogens (primary N) is 1. The van der Waals surface area contributed by atoms with E-state index in [-0.39, 0.29) is 5.82 Å². The number of anilines is 2. The lowest BCUT2D eigenvalue weighted by Crippen LogP contribution is -2.07. The average Bonchev–Trinajstić information content (AvgIpc) is 2.36. The van der Waals surface area contributed by atoms with Crippen molar-refractivity contribution in [1.82, 2.24) is 0 Å². The van der Waals surface area contributed by atoms with Gasteiger partial charge in [-0.1, -0.05) is 24.3 Å². The largest absolute Gasteiger partial charge is 0.397 e. The molecule has 0 atom stereocenters. The molecule has 3 N–H and O–H groups in total. The van der Waals surface area contributed by atoms with E-state index in [9.17, 15) is 4.39 Å². The zero-order valence-electron chi connectivity index (χ0n) is 10.4. The van der Waals surface area contributed by atoms with Gasteiger partial charge < -0.3 is 11.1 Å². The van der Waals surface area contributed by atoms with E-state index < -0.39 is 0 Å². The van der Waals surface area contributed by atoms with Crippen LogP contribution in [0.25, 0.3) is 0 Å². The van der Waals surface area contributed by atoms with Gasteiger partial charge in [0.15, 0.2) is 0 Å². The smallest absolute Gasteiger partial charge is 0.125 e. The molecule has 0 aliphatic carbocycles. The van der Waals surface area contributed by atoms with Gasteiger partial charge in [-0.25, -0.2) is 4.39 Å². The molecule has 0 spiro atoms. The number of hydrogen-bond donors (Lipinski definition) is 2. The summed E-state index contributed by atoms with van der Waals surface area (Å²) in [6.07, 6.45) is 0.891. The molecule has 0 aliphatic heterocycles. The summed E-state index contributed by atoms with van der Waals surface area (Å²) in [5, 5.41) is 3.16. The minimum Gasteiger partial charge on any atom is -0.397 e. The Bertz CT molecular complexity index is 538. The predicted molar refractivity (Wildman–Crippen MR) is 74.2 cm³/mol. The van der Waals surface area contributed by atoms with Crippen molar-refractivity contribution in [3.63, 3.8) is 0 Å². The molecular formula is C15H17FN2. The lowest BCUT2D eigenvalue weighted by atomic mass is 10.1. The van der Waals surface area contributed by atoms with Gasteiger partial charge in [-0.2, -0.15) is 0 Å². The third kappa shape index (κ3) is 3.00. The Labute approximate surface area is 107 Å². The fourth-order valence-corrected chi connectivity index (χ4v) is 1.90. The molecule has 3 heteroatoms. The molecule has 0 aliphatic rings. The summed E-state index contributed by atoms with van der Waals surface area (Å²) in [4.78, 5) is 0. The van der Waals surface area contributed by atoms with Gasteiger partial charge in [-0.3, -0.25) is 0 Å². The average molecular weight is 244 g/mol. The molecule has 0 fully saturated rings. The van der Waals surface area contributed by atoms with Crippen LogP contribution in [0.1, 0.15) is 11.1 Å².